The van der Waals surface area contributed by atoms with Crippen molar-refractivity contribution in [2.45, 2.75) is 0 Å². The first-order chi connectivity index (χ1) is 12.5. The Labute approximate surface area is 165 Å². The Balaban J connectivity index is 1.93. The number of ether oxygens (including phenoxy) is 1. The fraction of sp³-hybridized carbons (Fsp3) is 0.0588. The molecule has 0 saturated heterocycles. The molecule has 0 fully saturated rings. The van der Waals surface area contributed by atoms with E-state index in [1.54, 1.807) is 43.5 Å². The summed E-state index contributed by atoms with van der Waals surface area (Å²) in [6.45, 7) is 0. The lowest BCUT2D eigenvalue weighted by Gasteiger charge is -2.15. The highest BCUT2D eigenvalue weighted by atomic mass is 35.5. The zero-order chi connectivity index (χ0) is 18.7. The van der Waals surface area contributed by atoms with E-state index < -0.39 is 0 Å². The van der Waals surface area contributed by atoms with E-state index in [1.807, 2.05) is 0 Å². The summed E-state index contributed by atoms with van der Waals surface area (Å²) >= 11 is 18.2. The molecule has 0 saturated carbocycles. The van der Waals surface area contributed by atoms with E-state index >= 15 is 0 Å². The van der Waals surface area contributed by atoms with E-state index in [4.69, 9.17) is 45.3 Å². The number of anilines is 5. The van der Waals surface area contributed by atoms with Gasteiger partial charge in [0, 0.05) is 10.0 Å². The average molecular weight is 411 g/mol. The molecule has 6 nitrogen and oxygen atoms in total. The minimum absolute atomic E-state index is 0.297. The van der Waals surface area contributed by atoms with Crippen molar-refractivity contribution in [1.29, 1.82) is 0 Å². The topological polar surface area (TPSA) is 85.1 Å². The van der Waals surface area contributed by atoms with Gasteiger partial charge in [-0.3, -0.25) is 0 Å². The number of benzene rings is 2. The van der Waals surface area contributed by atoms with Crippen molar-refractivity contribution in [2.75, 3.05) is 23.5 Å². The molecule has 0 aliphatic heterocycles. The highest BCUT2D eigenvalue weighted by Crippen LogP contribution is 2.35. The summed E-state index contributed by atoms with van der Waals surface area (Å²) in [5, 5.41) is 7.72. The zero-order valence-electron chi connectivity index (χ0n) is 13.6. The zero-order valence-corrected chi connectivity index (χ0v) is 15.8. The number of nitrogens with zero attached hydrogens (tertiary/aromatic N) is 2. The van der Waals surface area contributed by atoms with Gasteiger partial charge in [0.2, 0.25) is 0 Å². The van der Waals surface area contributed by atoms with Crippen molar-refractivity contribution in [3.63, 3.8) is 0 Å². The highest BCUT2D eigenvalue weighted by molar-refractivity contribution is 6.35. The SMILES string of the molecule is COc1ccc(Cl)cc1Nc1ncnc(Nc2cc(Cl)ccc2Cl)c1N. The minimum atomic E-state index is 0.297. The van der Waals surface area contributed by atoms with E-state index in [0.717, 1.165) is 0 Å². The summed E-state index contributed by atoms with van der Waals surface area (Å²) in [4.78, 5) is 8.34. The molecule has 1 heterocycles. The van der Waals surface area contributed by atoms with Gasteiger partial charge in [-0.1, -0.05) is 34.8 Å². The van der Waals surface area contributed by atoms with Gasteiger partial charge >= 0.3 is 0 Å². The van der Waals surface area contributed by atoms with Crippen molar-refractivity contribution in [1.82, 2.24) is 9.97 Å². The van der Waals surface area contributed by atoms with Gasteiger partial charge in [0.15, 0.2) is 11.6 Å². The van der Waals surface area contributed by atoms with Gasteiger partial charge in [0.25, 0.3) is 0 Å². The quantitative estimate of drug-likeness (QED) is 0.514. The molecule has 0 amide bonds. The normalized spacial score (nSPS) is 10.5. The van der Waals surface area contributed by atoms with Gasteiger partial charge in [-0.05, 0) is 36.4 Å². The van der Waals surface area contributed by atoms with Crippen molar-refractivity contribution < 1.29 is 4.74 Å². The van der Waals surface area contributed by atoms with Crippen LogP contribution in [0.25, 0.3) is 0 Å². The van der Waals surface area contributed by atoms with Crippen LogP contribution in [-0.2, 0) is 0 Å². The standard InChI is InChI=1S/C17H14Cl3N5O/c1-26-14-5-3-10(19)7-13(14)25-17-15(21)16(22-8-23-17)24-12-6-9(18)2-4-11(12)20/h2-8H,21H2,1H3,(H2,22,23,24,25). The Bertz CT molecular complexity index is 952. The molecule has 2 aromatic carbocycles. The Morgan fingerprint density at radius 1 is 0.885 bits per heavy atom. The van der Waals surface area contributed by atoms with E-state index in [-0.39, 0.29) is 0 Å². The molecule has 0 bridgehead atoms. The summed E-state index contributed by atoms with van der Waals surface area (Å²) in [6.07, 6.45) is 1.37. The second kappa shape index (κ2) is 7.86. The van der Waals surface area contributed by atoms with Crippen LogP contribution in [0.3, 0.4) is 0 Å². The molecule has 0 atom stereocenters. The number of hydrogen-bond acceptors (Lipinski definition) is 6. The number of halogens is 3. The number of nitrogen functional groups attached to an aromatic ring is 1. The highest BCUT2D eigenvalue weighted by Gasteiger charge is 2.13. The molecule has 0 aliphatic carbocycles. The van der Waals surface area contributed by atoms with Crippen molar-refractivity contribution in [3.05, 3.63) is 57.8 Å². The van der Waals surface area contributed by atoms with Crippen LogP contribution in [0.15, 0.2) is 42.7 Å². The van der Waals surface area contributed by atoms with Gasteiger partial charge < -0.3 is 21.1 Å². The molecule has 26 heavy (non-hydrogen) atoms. The molecular formula is C17H14Cl3N5O. The first kappa shape index (κ1) is 18.4. The van der Waals surface area contributed by atoms with E-state index in [0.29, 0.717) is 49.5 Å². The van der Waals surface area contributed by atoms with Gasteiger partial charge in [0.05, 0.1) is 23.5 Å². The lowest BCUT2D eigenvalue weighted by atomic mass is 10.2. The second-order valence-electron chi connectivity index (χ2n) is 5.20. The van der Waals surface area contributed by atoms with E-state index in [2.05, 4.69) is 20.6 Å². The van der Waals surface area contributed by atoms with Gasteiger partial charge in [-0.2, -0.15) is 0 Å². The third-order valence-electron chi connectivity index (χ3n) is 3.48. The number of rotatable bonds is 5. The van der Waals surface area contributed by atoms with Crippen molar-refractivity contribution >= 4 is 63.5 Å². The molecule has 3 rings (SSSR count). The summed E-state index contributed by atoms with van der Waals surface area (Å²) in [7, 11) is 1.56. The van der Waals surface area contributed by atoms with Crippen LogP contribution < -0.4 is 21.1 Å². The molecule has 0 radical (unpaired) electrons. The number of methoxy groups -OCH3 is 1. The van der Waals surface area contributed by atoms with Crippen LogP contribution in [0.1, 0.15) is 0 Å². The number of hydrogen-bond donors (Lipinski definition) is 3. The monoisotopic (exact) mass is 409 g/mol. The first-order valence-corrected chi connectivity index (χ1v) is 8.54. The van der Waals surface area contributed by atoms with Crippen molar-refractivity contribution in [2.24, 2.45) is 0 Å². The lowest BCUT2D eigenvalue weighted by Crippen LogP contribution is -2.06. The third-order valence-corrected chi connectivity index (χ3v) is 4.28. The molecule has 4 N–H and O–H groups in total. The Hall–Kier alpha value is -2.41. The van der Waals surface area contributed by atoms with Gasteiger partial charge in [-0.25, -0.2) is 9.97 Å². The summed E-state index contributed by atoms with van der Waals surface area (Å²) in [6, 6.07) is 10.2. The largest absolute Gasteiger partial charge is 0.495 e. The van der Waals surface area contributed by atoms with E-state index in [1.165, 1.54) is 6.33 Å². The van der Waals surface area contributed by atoms with Gasteiger partial charge in [0.1, 0.15) is 17.8 Å². The summed E-state index contributed by atoms with van der Waals surface area (Å²) in [5.74, 6) is 1.37. The molecule has 134 valence electrons. The average Bonchev–Trinajstić information content (AvgIpc) is 2.62. The predicted molar refractivity (Wildman–Crippen MR) is 107 cm³/mol. The predicted octanol–water partition coefficient (Wildman–Crippen LogP) is 5.51. The van der Waals surface area contributed by atoms with Crippen molar-refractivity contribution in [3.8, 4) is 5.75 Å². The second-order valence-corrected chi connectivity index (χ2v) is 6.48. The maximum Gasteiger partial charge on any atom is 0.159 e. The Morgan fingerprint density at radius 3 is 2.12 bits per heavy atom. The van der Waals surface area contributed by atoms with Gasteiger partial charge in [-0.15, -0.1) is 0 Å². The Kier molecular flexibility index (Phi) is 5.56. The maximum atomic E-state index is 6.20. The molecule has 0 aliphatic rings. The maximum absolute atomic E-state index is 6.20. The number of nitrogens with one attached hydrogen (secondary N) is 2. The number of aromatic nitrogens is 2. The minimum Gasteiger partial charge on any atom is -0.495 e. The molecule has 9 heteroatoms. The Morgan fingerprint density at radius 2 is 1.46 bits per heavy atom. The lowest BCUT2D eigenvalue weighted by molar-refractivity contribution is 0.417. The molecule has 1 aromatic heterocycles. The fourth-order valence-corrected chi connectivity index (χ4v) is 2.73. The van der Waals surface area contributed by atoms with E-state index in [9.17, 15) is 0 Å². The number of nitrogens with two attached hydrogens (primary N) is 1. The third kappa shape index (κ3) is 4.04. The van der Waals surface area contributed by atoms with Crippen LogP contribution in [0.4, 0.5) is 28.7 Å². The molecular weight excluding hydrogens is 397 g/mol. The van der Waals surface area contributed by atoms with Crippen LogP contribution in [0.2, 0.25) is 15.1 Å². The van der Waals surface area contributed by atoms with Crippen LogP contribution in [-0.4, -0.2) is 17.1 Å². The molecule has 0 unspecified atom stereocenters. The summed E-state index contributed by atoms with van der Waals surface area (Å²) < 4.78 is 5.31. The molecule has 0 spiro atoms. The van der Waals surface area contributed by atoms with Crippen LogP contribution in [0, 0.1) is 0 Å². The summed E-state index contributed by atoms with van der Waals surface area (Å²) in [5.41, 5.74) is 7.70. The van der Waals surface area contributed by atoms with Crippen LogP contribution >= 0.6 is 34.8 Å². The first-order valence-electron chi connectivity index (χ1n) is 7.41. The smallest absolute Gasteiger partial charge is 0.159 e. The molecule has 3 aromatic rings. The van der Waals surface area contributed by atoms with Crippen LogP contribution in [0.5, 0.6) is 5.75 Å². The fourth-order valence-electron chi connectivity index (χ4n) is 2.22.